The van der Waals surface area contributed by atoms with Crippen molar-refractivity contribution in [1.82, 2.24) is 88.1 Å². The first-order valence-corrected chi connectivity index (χ1v) is 41.2. The number of carbonyl (C=O) groups is 6. The van der Waals surface area contributed by atoms with Gasteiger partial charge in [-0.3, -0.25) is 56.9 Å². The van der Waals surface area contributed by atoms with Gasteiger partial charge < -0.3 is 29.4 Å². The first-order chi connectivity index (χ1) is 63.4. The van der Waals surface area contributed by atoms with Crippen LogP contribution in [0.4, 0.5) is 79.0 Å². The highest BCUT2D eigenvalue weighted by Gasteiger charge is 2.41. The standard InChI is InChI=1S/C20H18F3N3O.C16H18F3N3O.2C15H16F3N3O.2C14H14F3N3O/c1-25(2)19(27)16-10-8-15(9-11-16)17-12-18(20(21,22)23)24-26(17)13-14-6-4-3-5-7-14;1-4-9-22-14(16(17,18)19)10-13(20-22)11-5-7-12(8-6-11)15(23)21(2)3;1-4-21-12(9-13(19-21)15(16,17)18)10-5-7-11(8-6-10)14(22)20(2)3;1-4-21-13(15(16,17)18)9-12(19-21)10-5-7-11(8-6-10)14(22)20(2)3;1-19(2)13(21)10-6-4-9(5-7-10)11-8-12(14(15,16)17)18-20(11)3;1-19(2)13(21)10-6-4-9(5-7-10)11-8-12(14(15,16)17)20(3)18-11/h3-12H,13H2,1-2H3;5-8,10H,4,9H2,1-3H3;2*5-9H,4H2,1-3H3;2*4-8H,1-3H3. The van der Waals surface area contributed by atoms with Crippen molar-refractivity contribution in [2.45, 2.75) is 90.4 Å². The molecule has 13 rings (SSSR count). The monoisotopic (exact) mass is 1910 g/mol. The Labute approximate surface area is 770 Å². The van der Waals surface area contributed by atoms with Crippen LogP contribution >= 0.6 is 0 Å². The lowest BCUT2D eigenvalue weighted by atomic mass is 10.1. The molecule has 6 heterocycles. The number of nitrogens with zero attached hydrogens (tertiary/aromatic N) is 18. The normalized spacial score (nSPS) is 11.5. The van der Waals surface area contributed by atoms with Gasteiger partial charge in [-0.05, 0) is 152 Å². The zero-order chi connectivity index (χ0) is 101. The molecule has 0 saturated carbocycles. The summed E-state index contributed by atoms with van der Waals surface area (Å²) < 4.78 is 238. The van der Waals surface area contributed by atoms with Crippen LogP contribution in [0.2, 0.25) is 0 Å². The highest BCUT2D eigenvalue weighted by Crippen LogP contribution is 2.39. The van der Waals surface area contributed by atoms with Crippen molar-refractivity contribution < 1.29 is 108 Å². The molecule has 0 fully saturated rings. The van der Waals surface area contributed by atoms with Crippen LogP contribution in [-0.4, -0.2) is 208 Å². The lowest BCUT2D eigenvalue weighted by Gasteiger charge is -2.11. The van der Waals surface area contributed by atoms with E-state index >= 15 is 0 Å². The molecule has 0 saturated heterocycles. The Kier molecular flexibility index (Phi) is 34.9. The summed E-state index contributed by atoms with van der Waals surface area (Å²) in [4.78, 5) is 79.5. The number of benzene rings is 7. The van der Waals surface area contributed by atoms with Gasteiger partial charge in [0.1, 0.15) is 17.1 Å². The van der Waals surface area contributed by atoms with E-state index in [4.69, 9.17) is 0 Å². The minimum absolute atomic E-state index is 0.131. The van der Waals surface area contributed by atoms with Crippen molar-refractivity contribution in [3.63, 3.8) is 0 Å². The fourth-order valence-corrected chi connectivity index (χ4v) is 12.9. The fraction of sp³-hybridized carbons (Fsp3) is 0.298. The number of hydrogen-bond acceptors (Lipinski definition) is 12. The second-order valence-corrected chi connectivity index (χ2v) is 31.4. The second-order valence-electron chi connectivity index (χ2n) is 31.4. The summed E-state index contributed by atoms with van der Waals surface area (Å²) in [7, 11) is 22.3. The van der Waals surface area contributed by atoms with E-state index in [-0.39, 0.29) is 72.2 Å². The van der Waals surface area contributed by atoms with E-state index in [1.165, 1.54) is 57.5 Å². The van der Waals surface area contributed by atoms with Gasteiger partial charge in [0, 0.05) is 168 Å². The predicted octanol–water partition coefficient (Wildman–Crippen LogP) is 20.2. The van der Waals surface area contributed by atoms with E-state index in [9.17, 15) is 108 Å². The average molecular weight is 1920 g/mol. The summed E-state index contributed by atoms with van der Waals surface area (Å²) >= 11 is 0. The molecular weight excluding hydrogens is 1820 g/mol. The third kappa shape index (κ3) is 28.0. The summed E-state index contributed by atoms with van der Waals surface area (Å²) in [6, 6.07) is 53.6. The fourth-order valence-electron chi connectivity index (χ4n) is 12.9. The molecule has 0 aliphatic carbocycles. The Morgan fingerprint density at radius 3 is 0.794 bits per heavy atom. The Balaban J connectivity index is 0.000000201. The molecule has 136 heavy (non-hydrogen) atoms. The zero-order valence-corrected chi connectivity index (χ0v) is 76.5. The number of aryl methyl sites for hydroxylation is 5. The number of rotatable bonds is 18. The van der Waals surface area contributed by atoms with Gasteiger partial charge in [-0.1, -0.05) is 110 Å². The molecule has 0 atom stereocenters. The van der Waals surface area contributed by atoms with Gasteiger partial charge >= 0.3 is 37.1 Å². The molecule has 24 nitrogen and oxygen atoms in total. The smallest absolute Gasteiger partial charge is 0.345 e. The summed E-state index contributed by atoms with van der Waals surface area (Å²) in [5, 5.41) is 22.7. The topological polar surface area (TPSA) is 229 Å². The van der Waals surface area contributed by atoms with E-state index in [2.05, 4.69) is 30.6 Å². The molecule has 0 spiro atoms. The van der Waals surface area contributed by atoms with Crippen LogP contribution in [0.25, 0.3) is 67.5 Å². The number of alkyl halides is 18. The third-order valence-corrected chi connectivity index (χ3v) is 19.8. The van der Waals surface area contributed by atoms with Gasteiger partial charge in [0.05, 0.1) is 40.7 Å². The van der Waals surface area contributed by atoms with Crippen LogP contribution < -0.4 is 0 Å². The molecule has 0 N–H and O–H groups in total. The molecule has 13 aromatic rings. The molecule has 0 unspecified atom stereocenters. The number of halogens is 18. The molecule has 7 aromatic carbocycles. The first-order valence-electron chi connectivity index (χ1n) is 41.2. The van der Waals surface area contributed by atoms with Crippen LogP contribution in [0.1, 0.15) is 129 Å². The van der Waals surface area contributed by atoms with Crippen LogP contribution in [0.3, 0.4) is 0 Å². The lowest BCUT2D eigenvalue weighted by molar-refractivity contribution is -0.145. The van der Waals surface area contributed by atoms with Crippen LogP contribution in [0, 0.1) is 0 Å². The van der Waals surface area contributed by atoms with Gasteiger partial charge in [-0.2, -0.15) is 110 Å². The minimum atomic E-state index is -4.53. The van der Waals surface area contributed by atoms with E-state index in [1.807, 2.05) is 30.3 Å². The highest BCUT2D eigenvalue weighted by atomic mass is 19.4. The van der Waals surface area contributed by atoms with Gasteiger partial charge in [0.25, 0.3) is 35.4 Å². The van der Waals surface area contributed by atoms with Crippen molar-refractivity contribution >= 4 is 35.4 Å². The van der Waals surface area contributed by atoms with Crippen LogP contribution in [0.15, 0.2) is 212 Å². The molecule has 6 aromatic heterocycles. The summed E-state index contributed by atoms with van der Waals surface area (Å²) in [6.07, 6.45) is -26.3. The Hall–Kier alpha value is -14.6. The SMILES string of the molecule is CCCn1nc(-c2ccc(C(=O)N(C)C)cc2)cc1C(F)(F)F.CCn1nc(-c2ccc(C(=O)N(C)C)cc2)cc1C(F)(F)F.CCn1nc(C(F)(F)F)cc1-c1ccc(C(=O)N(C)C)cc1.CN(C)C(=O)c1ccc(-c2cc(C(F)(F)F)n(C)n2)cc1.CN(C)C(=O)c1ccc(-c2cc(C(F)(F)F)nn2C)cc1.CN(C)C(=O)c1ccc(-c2cc(C(F)(F)F)nn2Cc2ccccc2)cc1. The van der Waals surface area contributed by atoms with E-state index < -0.39 is 71.2 Å². The van der Waals surface area contributed by atoms with Crippen molar-refractivity contribution in [1.29, 1.82) is 0 Å². The third-order valence-electron chi connectivity index (χ3n) is 19.8. The summed E-state index contributed by atoms with van der Waals surface area (Å²) in [5.41, 5.74) is 3.59. The summed E-state index contributed by atoms with van der Waals surface area (Å²) in [6.45, 7) is 5.99. The molecule has 0 aliphatic rings. The van der Waals surface area contributed by atoms with Crippen molar-refractivity contribution in [3.05, 3.63) is 285 Å². The molecule has 6 amide bonds. The molecule has 0 radical (unpaired) electrons. The lowest BCUT2D eigenvalue weighted by Crippen LogP contribution is -2.21. The molecule has 0 bridgehead atoms. The molecular formula is C94H96F18N18O6. The number of hydrogen-bond donors (Lipinski definition) is 0. The maximum atomic E-state index is 13.2. The first kappa shape index (κ1) is 107. The van der Waals surface area contributed by atoms with Crippen molar-refractivity contribution in [3.8, 4) is 67.5 Å². The quantitative estimate of drug-likeness (QED) is 0.0731. The van der Waals surface area contributed by atoms with Gasteiger partial charge in [0.2, 0.25) is 0 Å². The van der Waals surface area contributed by atoms with Gasteiger partial charge in [0.15, 0.2) is 17.1 Å². The van der Waals surface area contributed by atoms with E-state index in [0.717, 1.165) is 56.0 Å². The van der Waals surface area contributed by atoms with E-state index in [0.29, 0.717) is 96.8 Å². The van der Waals surface area contributed by atoms with Crippen molar-refractivity contribution in [2.24, 2.45) is 14.1 Å². The summed E-state index contributed by atoms with van der Waals surface area (Å²) in [5.74, 6) is -0.992. The zero-order valence-electron chi connectivity index (χ0n) is 76.5. The Morgan fingerprint density at radius 2 is 0.522 bits per heavy atom. The largest absolute Gasteiger partial charge is 0.435 e. The number of aromatic nitrogens is 12. The average Bonchev–Trinajstić information content (AvgIpc) is 1.69. The molecule has 0 aliphatic heterocycles. The highest BCUT2D eigenvalue weighted by molar-refractivity contribution is 5.97. The Bertz CT molecular complexity index is 6220. The van der Waals surface area contributed by atoms with Crippen LogP contribution in [0.5, 0.6) is 0 Å². The van der Waals surface area contributed by atoms with Crippen molar-refractivity contribution in [2.75, 3.05) is 84.6 Å². The minimum Gasteiger partial charge on any atom is -0.345 e. The number of amides is 6. The van der Waals surface area contributed by atoms with Gasteiger partial charge in [-0.15, -0.1) is 0 Å². The molecule has 42 heteroatoms. The molecule has 724 valence electrons. The van der Waals surface area contributed by atoms with Gasteiger partial charge in [-0.25, -0.2) is 0 Å². The maximum Gasteiger partial charge on any atom is 0.435 e. The second kappa shape index (κ2) is 44.5. The predicted molar refractivity (Wildman–Crippen MR) is 473 cm³/mol. The Morgan fingerprint density at radius 1 is 0.265 bits per heavy atom. The number of carbonyl (C=O) groups excluding carboxylic acids is 6. The van der Waals surface area contributed by atoms with Crippen LogP contribution in [-0.2, 0) is 77.3 Å². The maximum absolute atomic E-state index is 13.2. The van der Waals surface area contributed by atoms with E-state index in [1.54, 1.807) is 251 Å².